The summed E-state index contributed by atoms with van der Waals surface area (Å²) in [6.07, 6.45) is 22.0. The van der Waals surface area contributed by atoms with E-state index in [-0.39, 0.29) is 17.5 Å². The lowest BCUT2D eigenvalue weighted by Crippen LogP contribution is -2.50. The first-order chi connectivity index (χ1) is 18.8. The Morgan fingerprint density at radius 2 is 1.72 bits per heavy atom. The Labute approximate surface area is 238 Å². The first-order valence-electron chi connectivity index (χ1n) is 16.5. The molecule has 5 rings (SSSR count). The second kappa shape index (κ2) is 12.4. The molecule has 216 valence electrons. The molecule has 8 atom stereocenters. The monoisotopic (exact) mass is 534 g/mol. The van der Waals surface area contributed by atoms with Crippen molar-refractivity contribution in [2.24, 2.45) is 34.5 Å². The van der Waals surface area contributed by atoms with Crippen molar-refractivity contribution in [3.63, 3.8) is 0 Å². The van der Waals surface area contributed by atoms with Gasteiger partial charge in [-0.25, -0.2) is 4.79 Å². The van der Waals surface area contributed by atoms with Crippen molar-refractivity contribution in [3.8, 4) is 5.75 Å². The van der Waals surface area contributed by atoms with Gasteiger partial charge in [0.25, 0.3) is 0 Å². The van der Waals surface area contributed by atoms with Crippen LogP contribution in [0, 0.1) is 34.5 Å². The Balaban J connectivity index is 1.16. The van der Waals surface area contributed by atoms with Gasteiger partial charge in [0.1, 0.15) is 11.9 Å². The maximum absolute atomic E-state index is 12.8. The Morgan fingerprint density at radius 1 is 0.949 bits per heavy atom. The molecule has 39 heavy (non-hydrogen) atoms. The van der Waals surface area contributed by atoms with Crippen molar-refractivity contribution in [1.82, 2.24) is 0 Å². The molecule has 3 heteroatoms. The lowest BCUT2D eigenvalue weighted by atomic mass is 9.47. The summed E-state index contributed by atoms with van der Waals surface area (Å²) in [6.45, 7) is 9.34. The maximum atomic E-state index is 12.8. The third-order valence-corrected chi connectivity index (χ3v) is 11.8. The Morgan fingerprint density at radius 3 is 2.51 bits per heavy atom. The molecular formula is C36H54O3. The topological polar surface area (TPSA) is 35.5 Å². The highest BCUT2D eigenvalue weighted by Crippen LogP contribution is 2.66. The van der Waals surface area contributed by atoms with Gasteiger partial charge in [0.2, 0.25) is 0 Å². The lowest BCUT2D eigenvalue weighted by molar-refractivity contribution is -0.159. The van der Waals surface area contributed by atoms with E-state index in [9.17, 15) is 4.79 Å². The zero-order chi connectivity index (χ0) is 27.5. The Hall–Kier alpha value is -1.77. The summed E-state index contributed by atoms with van der Waals surface area (Å²) in [5.41, 5.74) is 2.43. The molecule has 0 bridgehead atoms. The molecule has 0 aliphatic heterocycles. The number of para-hydroxylation sites is 1. The molecule has 0 amide bonds. The molecule has 3 nitrogen and oxygen atoms in total. The Bertz CT molecular complexity index is 984. The van der Waals surface area contributed by atoms with Crippen LogP contribution in [0.2, 0.25) is 0 Å². The van der Waals surface area contributed by atoms with Crippen molar-refractivity contribution in [2.75, 3.05) is 0 Å². The number of hydrogen-bond donors (Lipinski definition) is 0. The molecule has 4 aliphatic rings. The predicted octanol–water partition coefficient (Wildman–Crippen LogP) is 9.70. The SMILES string of the molecule is CCCCCCCC[C@@H]1CC[C@@H]2[C@@H]3CC=C4C[C@@H](OC(=O)[C@@H](C)Oc5ccccc5)CC[C@]4(C)[C@@H]3CC[C@]12C. The number of ether oxygens (including phenoxy) is 2. The fourth-order valence-electron chi connectivity index (χ4n) is 9.49. The average Bonchev–Trinajstić information content (AvgIpc) is 3.27. The van der Waals surface area contributed by atoms with Crippen LogP contribution in [0.15, 0.2) is 42.0 Å². The number of fused-ring (bicyclic) bond motifs is 5. The predicted molar refractivity (Wildman–Crippen MR) is 160 cm³/mol. The number of allylic oxidation sites excluding steroid dienone is 1. The summed E-state index contributed by atoms with van der Waals surface area (Å²) in [6, 6.07) is 9.57. The molecule has 0 spiro atoms. The van der Waals surface area contributed by atoms with Gasteiger partial charge in [-0.3, -0.25) is 0 Å². The van der Waals surface area contributed by atoms with Crippen molar-refractivity contribution in [1.29, 1.82) is 0 Å². The second-order valence-electron chi connectivity index (χ2n) is 14.0. The molecule has 4 aliphatic carbocycles. The highest BCUT2D eigenvalue weighted by molar-refractivity contribution is 5.74. The Kier molecular flexibility index (Phi) is 9.14. The number of carbonyl (C=O) groups excluding carboxylic acids is 1. The van der Waals surface area contributed by atoms with Gasteiger partial charge < -0.3 is 9.47 Å². The van der Waals surface area contributed by atoms with E-state index < -0.39 is 6.10 Å². The summed E-state index contributed by atoms with van der Waals surface area (Å²) < 4.78 is 11.8. The minimum absolute atomic E-state index is 0.0164. The van der Waals surface area contributed by atoms with Gasteiger partial charge in [-0.05, 0) is 105 Å². The van der Waals surface area contributed by atoms with Crippen LogP contribution < -0.4 is 4.74 Å². The molecule has 3 fully saturated rings. The molecule has 3 saturated carbocycles. The van der Waals surface area contributed by atoms with Crippen molar-refractivity contribution < 1.29 is 14.3 Å². The fourth-order valence-corrected chi connectivity index (χ4v) is 9.49. The van der Waals surface area contributed by atoms with Crippen LogP contribution in [0.1, 0.15) is 124 Å². The van der Waals surface area contributed by atoms with E-state index in [1.54, 1.807) is 12.5 Å². The summed E-state index contributed by atoms with van der Waals surface area (Å²) in [4.78, 5) is 12.8. The molecular weight excluding hydrogens is 480 g/mol. The lowest BCUT2D eigenvalue weighted by Gasteiger charge is -2.58. The minimum atomic E-state index is -0.590. The third kappa shape index (κ3) is 5.98. The number of carbonyl (C=O) groups is 1. The van der Waals surface area contributed by atoms with Gasteiger partial charge in [0.05, 0.1) is 0 Å². The van der Waals surface area contributed by atoms with Crippen molar-refractivity contribution >= 4 is 5.97 Å². The molecule has 0 N–H and O–H groups in total. The zero-order valence-electron chi connectivity index (χ0n) is 25.3. The zero-order valence-corrected chi connectivity index (χ0v) is 25.3. The highest BCUT2D eigenvalue weighted by Gasteiger charge is 2.58. The van der Waals surface area contributed by atoms with Crippen LogP contribution >= 0.6 is 0 Å². The van der Waals surface area contributed by atoms with Gasteiger partial charge in [-0.2, -0.15) is 0 Å². The van der Waals surface area contributed by atoms with Gasteiger partial charge in [-0.1, -0.05) is 89.1 Å². The molecule has 1 aromatic rings. The first-order valence-corrected chi connectivity index (χ1v) is 16.5. The molecule has 0 radical (unpaired) electrons. The van der Waals surface area contributed by atoms with Gasteiger partial charge in [0, 0.05) is 6.42 Å². The average molecular weight is 535 g/mol. The molecule has 0 heterocycles. The largest absolute Gasteiger partial charge is 0.479 e. The molecule has 0 aromatic heterocycles. The van der Waals surface area contributed by atoms with Gasteiger partial charge in [-0.15, -0.1) is 0 Å². The van der Waals surface area contributed by atoms with Crippen molar-refractivity contribution in [3.05, 3.63) is 42.0 Å². The smallest absolute Gasteiger partial charge is 0.347 e. The number of benzene rings is 1. The van der Waals surface area contributed by atoms with E-state index in [0.29, 0.717) is 11.2 Å². The molecule has 0 saturated heterocycles. The van der Waals surface area contributed by atoms with Gasteiger partial charge in [0.15, 0.2) is 6.10 Å². The van der Waals surface area contributed by atoms with Crippen LogP contribution in [0.3, 0.4) is 0 Å². The number of hydrogen-bond acceptors (Lipinski definition) is 3. The maximum Gasteiger partial charge on any atom is 0.347 e. The van der Waals surface area contributed by atoms with E-state index in [0.717, 1.165) is 42.9 Å². The fraction of sp³-hybridized carbons (Fsp3) is 0.750. The van der Waals surface area contributed by atoms with E-state index >= 15 is 0 Å². The van der Waals surface area contributed by atoms with E-state index in [4.69, 9.17) is 9.47 Å². The normalized spacial score (nSPS) is 36.2. The van der Waals surface area contributed by atoms with Crippen LogP contribution in [-0.4, -0.2) is 18.2 Å². The van der Waals surface area contributed by atoms with Crippen LogP contribution in [0.25, 0.3) is 0 Å². The molecule has 0 unspecified atom stereocenters. The van der Waals surface area contributed by atoms with Crippen molar-refractivity contribution in [2.45, 2.75) is 136 Å². The highest BCUT2D eigenvalue weighted by atomic mass is 16.6. The summed E-state index contributed by atoms with van der Waals surface area (Å²) in [5, 5.41) is 0. The third-order valence-electron chi connectivity index (χ3n) is 11.8. The van der Waals surface area contributed by atoms with Crippen LogP contribution in [-0.2, 0) is 9.53 Å². The quantitative estimate of drug-likeness (QED) is 0.161. The van der Waals surface area contributed by atoms with Crippen LogP contribution in [0.4, 0.5) is 0 Å². The number of unbranched alkanes of at least 4 members (excludes halogenated alkanes) is 5. The van der Waals surface area contributed by atoms with E-state index in [2.05, 4.69) is 26.8 Å². The van der Waals surface area contributed by atoms with E-state index in [1.165, 1.54) is 77.0 Å². The van der Waals surface area contributed by atoms with Gasteiger partial charge >= 0.3 is 5.97 Å². The number of rotatable bonds is 11. The molecule has 1 aromatic carbocycles. The minimum Gasteiger partial charge on any atom is -0.479 e. The summed E-state index contributed by atoms with van der Waals surface area (Å²) >= 11 is 0. The second-order valence-corrected chi connectivity index (χ2v) is 14.0. The first kappa shape index (κ1) is 28.7. The summed E-state index contributed by atoms with van der Waals surface area (Å²) in [7, 11) is 0. The number of esters is 1. The van der Waals surface area contributed by atoms with Crippen LogP contribution in [0.5, 0.6) is 5.75 Å². The standard InChI is InChI=1S/C36H54O3/c1-5-6-7-8-9-11-14-27-18-20-32-31-19-17-28-25-30(21-23-36(28,4)33(31)22-24-35(27,32)3)39-34(37)26(2)38-29-15-12-10-13-16-29/h10,12-13,15-17,26-27,30-33H,5-9,11,14,18-25H2,1-4H3/t26-,27-,30+,31+,32-,33-,35-,36+/m1/s1. The van der Waals surface area contributed by atoms with E-state index in [1.807, 2.05) is 30.3 Å². The summed E-state index contributed by atoms with van der Waals surface area (Å²) in [5.74, 6) is 3.98.